The third kappa shape index (κ3) is 4.38. The maximum Gasteiger partial charge on any atom is 0.241 e. The molecule has 7 nitrogen and oxygen atoms in total. The topological polar surface area (TPSA) is 84.9 Å². The molecule has 0 spiro atoms. The second-order valence-corrected chi connectivity index (χ2v) is 8.76. The van der Waals surface area contributed by atoms with Crippen molar-refractivity contribution in [3.05, 3.63) is 47.5 Å². The molecule has 1 atom stereocenters. The van der Waals surface area contributed by atoms with Crippen LogP contribution in [0.2, 0.25) is 0 Å². The number of methoxy groups -OCH3 is 2. The smallest absolute Gasteiger partial charge is 0.241 e. The maximum absolute atomic E-state index is 13.0. The van der Waals surface area contributed by atoms with Crippen LogP contribution in [0, 0.1) is 6.92 Å². The van der Waals surface area contributed by atoms with Gasteiger partial charge in [0.25, 0.3) is 0 Å². The molecule has 0 aliphatic carbocycles. The number of ether oxygens (including phenoxy) is 2. The van der Waals surface area contributed by atoms with Crippen LogP contribution in [0.1, 0.15) is 36.9 Å². The molecule has 2 aromatic carbocycles. The number of nitrogens with one attached hydrogen (secondary N) is 1. The molecule has 1 aliphatic heterocycles. The van der Waals surface area contributed by atoms with E-state index in [1.54, 1.807) is 49.3 Å². The third-order valence-corrected chi connectivity index (χ3v) is 6.62. The highest BCUT2D eigenvalue weighted by Crippen LogP contribution is 2.31. The fraction of sp³-hybridized carbons (Fsp3) is 0.381. The molecule has 1 amide bonds. The number of carbonyl (C=O) groups excluding carboxylic acids is 1. The van der Waals surface area contributed by atoms with E-state index < -0.39 is 16.1 Å². The summed E-state index contributed by atoms with van der Waals surface area (Å²) < 4.78 is 39.2. The van der Waals surface area contributed by atoms with Crippen LogP contribution < -0.4 is 19.1 Å². The van der Waals surface area contributed by atoms with Crippen molar-refractivity contribution in [1.29, 1.82) is 0 Å². The molecule has 2 aromatic rings. The van der Waals surface area contributed by atoms with Crippen molar-refractivity contribution in [3.63, 3.8) is 0 Å². The fourth-order valence-corrected chi connectivity index (χ4v) is 4.85. The number of amides is 1. The first-order valence-corrected chi connectivity index (χ1v) is 10.9. The zero-order valence-electron chi connectivity index (χ0n) is 17.1. The molecule has 1 heterocycles. The Morgan fingerprint density at radius 2 is 1.86 bits per heavy atom. The van der Waals surface area contributed by atoms with E-state index in [1.165, 1.54) is 13.2 Å². The lowest BCUT2D eigenvalue weighted by Crippen LogP contribution is -2.28. The molecule has 29 heavy (non-hydrogen) atoms. The minimum absolute atomic E-state index is 0.0700. The molecule has 3 rings (SSSR count). The van der Waals surface area contributed by atoms with Gasteiger partial charge in [0.05, 0.1) is 19.1 Å². The predicted octanol–water partition coefficient (Wildman–Crippen LogP) is 3.18. The van der Waals surface area contributed by atoms with Crippen LogP contribution in [0.25, 0.3) is 0 Å². The monoisotopic (exact) mass is 418 g/mol. The van der Waals surface area contributed by atoms with Crippen LogP contribution in [0.5, 0.6) is 11.5 Å². The third-order valence-electron chi connectivity index (χ3n) is 5.08. The summed E-state index contributed by atoms with van der Waals surface area (Å²) in [5, 5.41) is 0. The van der Waals surface area contributed by atoms with E-state index in [9.17, 15) is 13.2 Å². The predicted molar refractivity (Wildman–Crippen MR) is 111 cm³/mol. The average Bonchev–Trinajstić information content (AvgIpc) is 3.12. The Morgan fingerprint density at radius 1 is 1.10 bits per heavy atom. The Morgan fingerprint density at radius 3 is 2.45 bits per heavy atom. The average molecular weight is 419 g/mol. The zero-order valence-corrected chi connectivity index (χ0v) is 17.9. The number of rotatable bonds is 7. The van der Waals surface area contributed by atoms with Crippen molar-refractivity contribution in [2.24, 2.45) is 0 Å². The Balaban J connectivity index is 1.86. The molecular weight excluding hydrogens is 392 g/mol. The van der Waals surface area contributed by atoms with Gasteiger partial charge in [-0.1, -0.05) is 0 Å². The van der Waals surface area contributed by atoms with E-state index >= 15 is 0 Å². The van der Waals surface area contributed by atoms with Gasteiger partial charge < -0.3 is 14.4 Å². The summed E-state index contributed by atoms with van der Waals surface area (Å²) in [7, 11) is -0.691. The standard InChI is InChI=1S/C21H26N2O5S/c1-14-12-17(8-9-19(14)23-11-5-6-21(23)24)29(25,26)22-15(2)18-13-16(27-3)7-10-20(18)28-4/h7-10,12-13,15,22H,5-6,11H2,1-4H3/t15-/m0/s1. The van der Waals surface area contributed by atoms with E-state index in [2.05, 4.69) is 4.72 Å². The lowest BCUT2D eigenvalue weighted by Gasteiger charge is -2.21. The van der Waals surface area contributed by atoms with Gasteiger partial charge in [-0.3, -0.25) is 4.79 Å². The van der Waals surface area contributed by atoms with Gasteiger partial charge in [0, 0.05) is 30.3 Å². The van der Waals surface area contributed by atoms with Crippen molar-refractivity contribution < 1.29 is 22.7 Å². The molecular formula is C21H26N2O5S. The van der Waals surface area contributed by atoms with Crippen molar-refractivity contribution in [2.75, 3.05) is 25.7 Å². The molecule has 156 valence electrons. The van der Waals surface area contributed by atoms with Crippen molar-refractivity contribution in [1.82, 2.24) is 4.72 Å². The first-order chi connectivity index (χ1) is 13.8. The van der Waals surface area contributed by atoms with Crippen LogP contribution in [-0.4, -0.2) is 35.1 Å². The summed E-state index contributed by atoms with van der Waals surface area (Å²) in [6.45, 7) is 4.23. The van der Waals surface area contributed by atoms with Crippen LogP contribution in [-0.2, 0) is 14.8 Å². The molecule has 0 saturated carbocycles. The second-order valence-electron chi connectivity index (χ2n) is 7.05. The van der Waals surface area contributed by atoms with E-state index in [1.807, 2.05) is 6.92 Å². The van der Waals surface area contributed by atoms with Gasteiger partial charge >= 0.3 is 0 Å². The number of hydrogen-bond donors (Lipinski definition) is 1. The second kappa shape index (κ2) is 8.42. The normalized spacial score (nSPS) is 15.4. The van der Waals surface area contributed by atoms with E-state index in [0.717, 1.165) is 17.7 Å². The van der Waals surface area contributed by atoms with Crippen LogP contribution in [0.3, 0.4) is 0 Å². The fourth-order valence-electron chi connectivity index (χ4n) is 3.54. The minimum Gasteiger partial charge on any atom is -0.497 e. The van der Waals surface area contributed by atoms with Gasteiger partial charge in [-0.25, -0.2) is 13.1 Å². The molecule has 1 aliphatic rings. The number of sulfonamides is 1. The Hall–Kier alpha value is -2.58. The van der Waals surface area contributed by atoms with E-state index in [-0.39, 0.29) is 10.8 Å². The summed E-state index contributed by atoms with van der Waals surface area (Å²) in [5.74, 6) is 1.25. The summed E-state index contributed by atoms with van der Waals surface area (Å²) in [6, 6.07) is 9.54. The summed E-state index contributed by atoms with van der Waals surface area (Å²) in [5.41, 5.74) is 2.18. The molecule has 1 saturated heterocycles. The molecule has 0 unspecified atom stereocenters. The quantitative estimate of drug-likeness (QED) is 0.747. The summed E-state index contributed by atoms with van der Waals surface area (Å²) >= 11 is 0. The molecule has 0 aromatic heterocycles. The van der Waals surface area contributed by atoms with Crippen LogP contribution in [0.4, 0.5) is 5.69 Å². The number of hydrogen-bond acceptors (Lipinski definition) is 5. The Kier molecular flexibility index (Phi) is 6.14. The zero-order chi connectivity index (χ0) is 21.2. The summed E-state index contributed by atoms with van der Waals surface area (Å²) in [6.07, 6.45) is 1.35. The molecule has 8 heteroatoms. The van der Waals surface area contributed by atoms with Gasteiger partial charge in [0.15, 0.2) is 0 Å². The van der Waals surface area contributed by atoms with Crippen molar-refractivity contribution in [3.8, 4) is 11.5 Å². The first kappa shape index (κ1) is 21.1. The summed E-state index contributed by atoms with van der Waals surface area (Å²) in [4.78, 5) is 13.9. The minimum atomic E-state index is -3.78. The number of aryl methyl sites for hydroxylation is 1. The highest BCUT2D eigenvalue weighted by atomic mass is 32.2. The maximum atomic E-state index is 13.0. The molecule has 0 radical (unpaired) electrons. The SMILES string of the molecule is COc1ccc(OC)c([C@H](C)NS(=O)(=O)c2ccc(N3CCCC3=O)c(C)c2)c1. The number of nitrogens with zero attached hydrogens (tertiary/aromatic N) is 1. The van der Waals surface area contributed by atoms with Crippen LogP contribution >= 0.6 is 0 Å². The lowest BCUT2D eigenvalue weighted by atomic mass is 10.1. The van der Waals surface area contributed by atoms with Gasteiger partial charge in [0.2, 0.25) is 15.9 Å². The van der Waals surface area contributed by atoms with Gasteiger partial charge in [0.1, 0.15) is 11.5 Å². The molecule has 1 N–H and O–H groups in total. The van der Waals surface area contributed by atoms with Crippen molar-refractivity contribution in [2.45, 2.75) is 37.6 Å². The van der Waals surface area contributed by atoms with E-state index in [0.29, 0.717) is 30.0 Å². The van der Waals surface area contributed by atoms with Gasteiger partial charge in [-0.15, -0.1) is 0 Å². The van der Waals surface area contributed by atoms with Crippen molar-refractivity contribution >= 4 is 21.6 Å². The van der Waals surface area contributed by atoms with E-state index in [4.69, 9.17) is 9.47 Å². The van der Waals surface area contributed by atoms with Crippen LogP contribution in [0.15, 0.2) is 41.3 Å². The molecule has 0 bridgehead atoms. The lowest BCUT2D eigenvalue weighted by molar-refractivity contribution is -0.117. The largest absolute Gasteiger partial charge is 0.497 e. The number of anilines is 1. The first-order valence-electron chi connectivity index (χ1n) is 9.42. The molecule has 1 fully saturated rings. The van der Waals surface area contributed by atoms with Gasteiger partial charge in [-0.05, 0) is 62.2 Å². The number of benzene rings is 2. The van der Waals surface area contributed by atoms with Gasteiger partial charge in [-0.2, -0.15) is 0 Å². The Bertz CT molecular complexity index is 1020. The Labute approximate surface area is 171 Å². The highest BCUT2D eigenvalue weighted by molar-refractivity contribution is 7.89. The highest BCUT2D eigenvalue weighted by Gasteiger charge is 2.25. The number of carbonyl (C=O) groups is 1.